The predicted octanol–water partition coefficient (Wildman–Crippen LogP) is 2.34. The fourth-order valence-corrected chi connectivity index (χ4v) is 6.20. The van der Waals surface area contributed by atoms with Crippen molar-refractivity contribution in [3.63, 3.8) is 0 Å². The summed E-state index contributed by atoms with van der Waals surface area (Å²) >= 11 is 0. The summed E-state index contributed by atoms with van der Waals surface area (Å²) in [7, 11) is 2.20. The molecule has 1 heterocycles. The Hall–Kier alpha value is -0.590. The van der Waals surface area contributed by atoms with E-state index in [4.69, 9.17) is 0 Å². The van der Waals surface area contributed by atoms with Gasteiger partial charge in [0, 0.05) is 31.6 Å². The fraction of sp³-hybridized carbons (Fsp3) is 0.941. The van der Waals surface area contributed by atoms with Gasteiger partial charge in [-0.25, -0.2) is 0 Å². The average molecular weight is 273 g/mol. The Labute approximate surface area is 122 Å². The standard InChI is InChI=1S/C17H27N3/c1-19-2-4-20(5-3-19)16(12-18)17-9-13-6-14(10-17)8-15(7-13)11-17/h13-16H,2-11H2,1H3. The molecule has 1 saturated heterocycles. The van der Waals surface area contributed by atoms with Crippen molar-refractivity contribution >= 4 is 0 Å². The molecule has 0 aromatic heterocycles. The van der Waals surface area contributed by atoms with Gasteiger partial charge in [0.15, 0.2) is 0 Å². The molecule has 1 atom stereocenters. The first-order valence-corrected chi connectivity index (χ1v) is 8.51. The van der Waals surface area contributed by atoms with Gasteiger partial charge in [-0.1, -0.05) is 0 Å². The van der Waals surface area contributed by atoms with Crippen molar-refractivity contribution in [2.75, 3.05) is 33.2 Å². The van der Waals surface area contributed by atoms with E-state index >= 15 is 0 Å². The highest BCUT2D eigenvalue weighted by Crippen LogP contribution is 2.61. The number of piperazine rings is 1. The average Bonchev–Trinajstić information content (AvgIpc) is 2.40. The van der Waals surface area contributed by atoms with E-state index < -0.39 is 0 Å². The third kappa shape index (κ3) is 2.00. The third-order valence-corrected chi connectivity index (χ3v) is 6.69. The molecule has 5 rings (SSSR count). The second-order valence-electron chi connectivity index (χ2n) is 8.15. The molecular weight excluding hydrogens is 246 g/mol. The number of likely N-dealkylation sites (N-methyl/N-ethyl adjacent to an activating group) is 1. The van der Waals surface area contributed by atoms with Gasteiger partial charge in [-0.2, -0.15) is 5.26 Å². The summed E-state index contributed by atoms with van der Waals surface area (Å²) in [6, 6.07) is 2.95. The summed E-state index contributed by atoms with van der Waals surface area (Å²) in [5, 5.41) is 9.90. The summed E-state index contributed by atoms with van der Waals surface area (Å²) < 4.78 is 0. The Kier molecular flexibility index (Phi) is 3.09. The molecule has 3 heteroatoms. The SMILES string of the molecule is CN1CCN(C(C#N)C23CC4CC(CC(C4)C2)C3)CC1. The smallest absolute Gasteiger partial charge is 0.104 e. The fourth-order valence-electron chi connectivity index (χ4n) is 6.20. The van der Waals surface area contributed by atoms with Crippen LogP contribution in [0, 0.1) is 34.5 Å². The Morgan fingerprint density at radius 3 is 1.90 bits per heavy atom. The number of nitriles is 1. The zero-order valence-electron chi connectivity index (χ0n) is 12.7. The molecule has 0 N–H and O–H groups in total. The van der Waals surface area contributed by atoms with Crippen molar-refractivity contribution in [3.05, 3.63) is 0 Å². The molecule has 5 fully saturated rings. The van der Waals surface area contributed by atoms with Crippen LogP contribution in [-0.4, -0.2) is 49.1 Å². The molecule has 4 saturated carbocycles. The molecule has 20 heavy (non-hydrogen) atoms. The number of hydrogen-bond donors (Lipinski definition) is 0. The van der Waals surface area contributed by atoms with Crippen LogP contribution in [0.25, 0.3) is 0 Å². The van der Waals surface area contributed by atoms with Crippen molar-refractivity contribution < 1.29 is 0 Å². The number of rotatable bonds is 2. The molecule has 4 aliphatic carbocycles. The van der Waals surface area contributed by atoms with Gasteiger partial charge in [-0.3, -0.25) is 4.90 Å². The lowest BCUT2D eigenvalue weighted by atomic mass is 9.47. The van der Waals surface area contributed by atoms with Crippen molar-refractivity contribution in [1.29, 1.82) is 5.26 Å². The van der Waals surface area contributed by atoms with Crippen molar-refractivity contribution in [2.24, 2.45) is 23.2 Å². The molecule has 0 spiro atoms. The molecule has 0 aromatic rings. The summed E-state index contributed by atoms with van der Waals surface area (Å²) in [5.41, 5.74) is 0.361. The van der Waals surface area contributed by atoms with Gasteiger partial charge in [0.25, 0.3) is 0 Å². The van der Waals surface area contributed by atoms with Gasteiger partial charge in [0.05, 0.1) is 6.07 Å². The predicted molar refractivity (Wildman–Crippen MR) is 79.1 cm³/mol. The molecule has 5 aliphatic rings. The number of nitrogens with zero attached hydrogens (tertiary/aromatic N) is 3. The zero-order chi connectivity index (χ0) is 13.7. The van der Waals surface area contributed by atoms with Gasteiger partial charge in [0.1, 0.15) is 6.04 Å². The van der Waals surface area contributed by atoms with Crippen LogP contribution in [0.15, 0.2) is 0 Å². The zero-order valence-corrected chi connectivity index (χ0v) is 12.7. The lowest BCUT2D eigenvalue weighted by Gasteiger charge is -2.60. The van der Waals surface area contributed by atoms with E-state index in [9.17, 15) is 5.26 Å². The lowest BCUT2D eigenvalue weighted by molar-refractivity contribution is -0.0916. The topological polar surface area (TPSA) is 30.3 Å². The molecule has 0 radical (unpaired) electrons. The molecule has 3 nitrogen and oxygen atoms in total. The second-order valence-corrected chi connectivity index (χ2v) is 8.15. The van der Waals surface area contributed by atoms with E-state index in [1.54, 1.807) is 0 Å². The molecule has 0 amide bonds. The van der Waals surface area contributed by atoms with Crippen LogP contribution < -0.4 is 0 Å². The van der Waals surface area contributed by atoms with Gasteiger partial charge >= 0.3 is 0 Å². The summed E-state index contributed by atoms with van der Waals surface area (Å²) in [4.78, 5) is 4.91. The summed E-state index contributed by atoms with van der Waals surface area (Å²) in [6.45, 7) is 4.45. The van der Waals surface area contributed by atoms with Gasteiger partial charge in [-0.05, 0) is 63.3 Å². The maximum absolute atomic E-state index is 9.90. The van der Waals surface area contributed by atoms with Crippen molar-refractivity contribution in [3.8, 4) is 6.07 Å². The number of hydrogen-bond acceptors (Lipinski definition) is 3. The highest BCUT2D eigenvalue weighted by atomic mass is 15.3. The summed E-state index contributed by atoms with van der Waals surface area (Å²) in [5.74, 6) is 2.85. The van der Waals surface area contributed by atoms with Gasteiger partial charge in [0.2, 0.25) is 0 Å². The van der Waals surface area contributed by atoms with Crippen molar-refractivity contribution in [1.82, 2.24) is 9.80 Å². The largest absolute Gasteiger partial charge is 0.304 e. The van der Waals surface area contributed by atoms with Crippen molar-refractivity contribution in [2.45, 2.75) is 44.6 Å². The van der Waals surface area contributed by atoms with E-state index in [2.05, 4.69) is 22.9 Å². The first-order valence-electron chi connectivity index (χ1n) is 8.51. The minimum atomic E-state index is 0.199. The van der Waals surface area contributed by atoms with Crippen LogP contribution in [-0.2, 0) is 0 Å². The normalized spacial score (nSPS) is 46.3. The Morgan fingerprint density at radius 1 is 0.950 bits per heavy atom. The van der Waals surface area contributed by atoms with Gasteiger partial charge in [-0.15, -0.1) is 0 Å². The van der Waals surface area contributed by atoms with E-state index in [0.717, 1.165) is 43.9 Å². The maximum Gasteiger partial charge on any atom is 0.104 e. The van der Waals surface area contributed by atoms with Crippen LogP contribution in [0.3, 0.4) is 0 Å². The molecule has 1 unspecified atom stereocenters. The second kappa shape index (κ2) is 4.71. The molecule has 0 aromatic carbocycles. The first kappa shape index (κ1) is 13.1. The van der Waals surface area contributed by atoms with E-state index in [1.165, 1.54) is 38.5 Å². The Morgan fingerprint density at radius 2 is 1.45 bits per heavy atom. The molecule has 1 aliphatic heterocycles. The van der Waals surface area contributed by atoms with E-state index in [0.29, 0.717) is 5.41 Å². The van der Waals surface area contributed by atoms with Crippen LogP contribution in [0.5, 0.6) is 0 Å². The van der Waals surface area contributed by atoms with E-state index in [-0.39, 0.29) is 6.04 Å². The highest BCUT2D eigenvalue weighted by molar-refractivity contribution is 5.13. The summed E-state index contributed by atoms with van der Waals surface area (Å²) in [6.07, 6.45) is 8.47. The van der Waals surface area contributed by atoms with Crippen LogP contribution in [0.1, 0.15) is 38.5 Å². The third-order valence-electron chi connectivity index (χ3n) is 6.69. The lowest BCUT2D eigenvalue weighted by Crippen LogP contribution is -2.59. The first-order chi connectivity index (χ1) is 9.68. The molecule has 110 valence electrons. The Balaban J connectivity index is 1.57. The minimum Gasteiger partial charge on any atom is -0.304 e. The highest BCUT2D eigenvalue weighted by Gasteiger charge is 2.55. The monoisotopic (exact) mass is 273 g/mol. The van der Waals surface area contributed by atoms with Crippen LogP contribution >= 0.6 is 0 Å². The van der Waals surface area contributed by atoms with Crippen LogP contribution in [0.4, 0.5) is 0 Å². The van der Waals surface area contributed by atoms with E-state index in [1.807, 2.05) is 0 Å². The van der Waals surface area contributed by atoms with Crippen LogP contribution in [0.2, 0.25) is 0 Å². The van der Waals surface area contributed by atoms with Gasteiger partial charge < -0.3 is 4.90 Å². The molecular formula is C17H27N3. The Bertz CT molecular complexity index is 381. The maximum atomic E-state index is 9.90. The molecule has 4 bridgehead atoms. The quantitative estimate of drug-likeness (QED) is 0.773. The minimum absolute atomic E-state index is 0.199.